The lowest BCUT2D eigenvalue weighted by Crippen LogP contribution is -2.54. The fraction of sp³-hybridized carbons (Fsp3) is 0.125. The van der Waals surface area contributed by atoms with E-state index < -0.39 is 23.8 Å². The van der Waals surface area contributed by atoms with Gasteiger partial charge < -0.3 is 9.67 Å². The molecule has 2 aromatic heterocycles. The lowest BCUT2D eigenvalue weighted by atomic mass is 10.1. The standard InChI is InChI=1S/C24H20N4O5/c1-13-4-5-16(23(31)32)12-20(13)27-14(2)10-17(15(27)3)11-19-21(29)26-24(33)28(22(19)30)18-6-8-25-9-7-18/h4-12H,1-3H3,(H,31,32)(H,26,29,33)/b19-11+. The van der Waals surface area contributed by atoms with E-state index in [1.165, 1.54) is 36.7 Å². The molecule has 9 nitrogen and oxygen atoms in total. The van der Waals surface area contributed by atoms with Gasteiger partial charge in [0.1, 0.15) is 5.57 Å². The lowest BCUT2D eigenvalue weighted by molar-refractivity contribution is -0.122. The highest BCUT2D eigenvalue weighted by molar-refractivity contribution is 6.39. The second-order valence-corrected chi connectivity index (χ2v) is 7.63. The number of pyridine rings is 1. The van der Waals surface area contributed by atoms with Gasteiger partial charge in [-0.05, 0) is 68.3 Å². The Hall–Kier alpha value is -4.53. The van der Waals surface area contributed by atoms with Crippen molar-refractivity contribution in [2.75, 3.05) is 4.90 Å². The first-order valence-electron chi connectivity index (χ1n) is 10.0. The molecule has 1 saturated heterocycles. The van der Waals surface area contributed by atoms with Gasteiger partial charge in [0, 0.05) is 29.5 Å². The van der Waals surface area contributed by atoms with E-state index in [0.29, 0.717) is 16.9 Å². The van der Waals surface area contributed by atoms with Gasteiger partial charge in [-0.25, -0.2) is 14.5 Å². The van der Waals surface area contributed by atoms with E-state index in [0.717, 1.165) is 16.2 Å². The summed E-state index contributed by atoms with van der Waals surface area (Å²) in [4.78, 5) is 54.1. The van der Waals surface area contributed by atoms with Gasteiger partial charge in [-0.2, -0.15) is 0 Å². The first kappa shape index (κ1) is 21.7. The Morgan fingerprint density at radius 1 is 1.03 bits per heavy atom. The van der Waals surface area contributed by atoms with E-state index >= 15 is 0 Å². The maximum Gasteiger partial charge on any atom is 0.335 e. The summed E-state index contributed by atoms with van der Waals surface area (Å²) in [6.45, 7) is 5.52. The van der Waals surface area contributed by atoms with Gasteiger partial charge >= 0.3 is 12.0 Å². The summed E-state index contributed by atoms with van der Waals surface area (Å²) in [5, 5.41) is 11.6. The molecule has 3 aromatic rings. The number of aryl methyl sites for hydroxylation is 2. The number of amides is 4. The van der Waals surface area contributed by atoms with Crippen molar-refractivity contribution in [3.63, 3.8) is 0 Å². The Labute approximate surface area is 189 Å². The third-order valence-corrected chi connectivity index (χ3v) is 5.49. The molecule has 2 N–H and O–H groups in total. The highest BCUT2D eigenvalue weighted by atomic mass is 16.4. The van der Waals surface area contributed by atoms with Crippen molar-refractivity contribution in [3.05, 3.63) is 82.4 Å². The molecule has 0 radical (unpaired) electrons. The molecular formula is C24H20N4O5. The molecule has 1 aromatic carbocycles. The van der Waals surface area contributed by atoms with E-state index in [-0.39, 0.29) is 16.8 Å². The average Bonchev–Trinajstić information content (AvgIpc) is 3.05. The second-order valence-electron chi connectivity index (χ2n) is 7.63. The van der Waals surface area contributed by atoms with Crippen LogP contribution in [0.2, 0.25) is 0 Å². The number of carbonyl (C=O) groups excluding carboxylic acids is 3. The molecule has 1 fully saturated rings. The van der Waals surface area contributed by atoms with Crippen molar-refractivity contribution in [3.8, 4) is 5.69 Å². The molecule has 0 spiro atoms. The van der Waals surface area contributed by atoms with E-state index in [2.05, 4.69) is 10.3 Å². The summed E-state index contributed by atoms with van der Waals surface area (Å²) >= 11 is 0. The normalized spacial score (nSPS) is 15.2. The van der Waals surface area contributed by atoms with E-state index in [1.807, 2.05) is 25.3 Å². The number of rotatable bonds is 4. The SMILES string of the molecule is Cc1ccc(C(=O)O)cc1-n1c(C)cc(/C=C2\C(=O)NC(=O)N(c3ccncc3)C2=O)c1C. The maximum absolute atomic E-state index is 13.1. The van der Waals surface area contributed by atoms with Crippen LogP contribution in [-0.4, -0.2) is 38.5 Å². The largest absolute Gasteiger partial charge is 0.478 e. The number of carboxylic acid groups (broad SMARTS) is 1. The summed E-state index contributed by atoms with van der Waals surface area (Å²) in [6.07, 6.45) is 4.32. The van der Waals surface area contributed by atoms with Crippen LogP contribution >= 0.6 is 0 Å². The number of barbiturate groups is 1. The van der Waals surface area contributed by atoms with Crippen molar-refractivity contribution < 1.29 is 24.3 Å². The maximum atomic E-state index is 13.1. The molecule has 0 bridgehead atoms. The molecule has 0 saturated carbocycles. The molecule has 3 heterocycles. The molecule has 0 unspecified atom stereocenters. The molecule has 4 rings (SSSR count). The van der Waals surface area contributed by atoms with Gasteiger partial charge in [-0.3, -0.25) is 19.9 Å². The minimum Gasteiger partial charge on any atom is -0.478 e. The Morgan fingerprint density at radius 2 is 1.73 bits per heavy atom. The smallest absolute Gasteiger partial charge is 0.335 e. The number of imide groups is 2. The zero-order chi connectivity index (χ0) is 23.9. The number of urea groups is 1. The molecule has 9 heteroatoms. The van der Waals surface area contributed by atoms with Crippen LogP contribution in [0.5, 0.6) is 0 Å². The van der Waals surface area contributed by atoms with Gasteiger partial charge in [0.2, 0.25) is 0 Å². The zero-order valence-corrected chi connectivity index (χ0v) is 18.1. The Bertz CT molecular complexity index is 1350. The van der Waals surface area contributed by atoms with Crippen molar-refractivity contribution in [1.29, 1.82) is 0 Å². The monoisotopic (exact) mass is 444 g/mol. The van der Waals surface area contributed by atoms with Crippen molar-refractivity contribution in [2.45, 2.75) is 20.8 Å². The van der Waals surface area contributed by atoms with Crippen LogP contribution in [-0.2, 0) is 9.59 Å². The lowest BCUT2D eigenvalue weighted by Gasteiger charge is -2.26. The summed E-state index contributed by atoms with van der Waals surface area (Å²) in [6, 6.07) is 8.80. The van der Waals surface area contributed by atoms with Gasteiger partial charge in [-0.1, -0.05) is 6.07 Å². The second kappa shape index (κ2) is 8.19. The van der Waals surface area contributed by atoms with Crippen LogP contribution in [0.3, 0.4) is 0 Å². The van der Waals surface area contributed by atoms with Crippen LogP contribution in [0.1, 0.15) is 32.9 Å². The number of hydrogen-bond donors (Lipinski definition) is 2. The fourth-order valence-electron chi connectivity index (χ4n) is 3.83. The molecule has 4 amide bonds. The highest BCUT2D eigenvalue weighted by Gasteiger charge is 2.37. The minimum absolute atomic E-state index is 0.149. The summed E-state index contributed by atoms with van der Waals surface area (Å²) in [5.74, 6) is -2.57. The number of nitrogens with zero attached hydrogens (tertiary/aromatic N) is 3. The van der Waals surface area contributed by atoms with Crippen molar-refractivity contribution >= 4 is 35.6 Å². The number of benzene rings is 1. The van der Waals surface area contributed by atoms with Gasteiger partial charge in [0.05, 0.1) is 11.3 Å². The van der Waals surface area contributed by atoms with Crippen LogP contribution in [0.15, 0.2) is 54.4 Å². The zero-order valence-electron chi connectivity index (χ0n) is 18.1. The van der Waals surface area contributed by atoms with Gasteiger partial charge in [-0.15, -0.1) is 0 Å². The topological polar surface area (TPSA) is 122 Å². The first-order valence-corrected chi connectivity index (χ1v) is 10.0. The Balaban J connectivity index is 1.80. The van der Waals surface area contributed by atoms with Gasteiger partial charge in [0.15, 0.2) is 0 Å². The minimum atomic E-state index is -1.04. The predicted octanol–water partition coefficient (Wildman–Crippen LogP) is 3.16. The average molecular weight is 444 g/mol. The summed E-state index contributed by atoms with van der Waals surface area (Å²) < 4.78 is 1.87. The Kier molecular flexibility index (Phi) is 5.39. The first-order chi connectivity index (χ1) is 15.7. The van der Waals surface area contributed by atoms with Crippen LogP contribution in [0.4, 0.5) is 10.5 Å². The molecule has 0 aliphatic carbocycles. The molecule has 0 atom stereocenters. The third kappa shape index (κ3) is 3.80. The number of hydrogen-bond acceptors (Lipinski definition) is 5. The summed E-state index contributed by atoms with van der Waals surface area (Å²) in [5.41, 5.74) is 3.88. The molecule has 166 valence electrons. The fourth-order valence-corrected chi connectivity index (χ4v) is 3.83. The number of carbonyl (C=O) groups is 4. The summed E-state index contributed by atoms with van der Waals surface area (Å²) in [7, 11) is 0. The number of nitrogens with one attached hydrogen (secondary N) is 1. The number of carboxylic acids is 1. The van der Waals surface area contributed by atoms with Crippen LogP contribution < -0.4 is 10.2 Å². The van der Waals surface area contributed by atoms with Crippen LogP contribution in [0.25, 0.3) is 11.8 Å². The van der Waals surface area contributed by atoms with E-state index in [1.54, 1.807) is 18.2 Å². The van der Waals surface area contributed by atoms with Crippen molar-refractivity contribution in [1.82, 2.24) is 14.9 Å². The molecular weight excluding hydrogens is 424 g/mol. The number of anilines is 1. The number of aromatic carboxylic acids is 1. The van der Waals surface area contributed by atoms with Crippen molar-refractivity contribution in [2.24, 2.45) is 0 Å². The quantitative estimate of drug-likeness (QED) is 0.471. The third-order valence-electron chi connectivity index (χ3n) is 5.49. The van der Waals surface area contributed by atoms with E-state index in [9.17, 15) is 24.3 Å². The predicted molar refractivity (Wildman–Crippen MR) is 120 cm³/mol. The number of aromatic nitrogens is 2. The molecule has 1 aliphatic rings. The van der Waals surface area contributed by atoms with Crippen LogP contribution in [0, 0.1) is 20.8 Å². The molecule has 33 heavy (non-hydrogen) atoms. The Morgan fingerprint density at radius 3 is 2.39 bits per heavy atom. The highest BCUT2D eigenvalue weighted by Crippen LogP contribution is 2.27. The van der Waals surface area contributed by atoms with Gasteiger partial charge in [0.25, 0.3) is 11.8 Å². The van der Waals surface area contributed by atoms with E-state index in [4.69, 9.17) is 0 Å². The molecule has 1 aliphatic heterocycles.